The van der Waals surface area contributed by atoms with Gasteiger partial charge in [-0.25, -0.2) is 9.37 Å². The van der Waals surface area contributed by atoms with Gasteiger partial charge in [-0.3, -0.25) is 9.58 Å². The van der Waals surface area contributed by atoms with E-state index in [1.807, 2.05) is 26.5 Å². The van der Waals surface area contributed by atoms with Gasteiger partial charge < -0.3 is 4.98 Å². The molecule has 0 saturated heterocycles. The van der Waals surface area contributed by atoms with Crippen molar-refractivity contribution >= 4 is 11.0 Å². The first-order valence-corrected chi connectivity index (χ1v) is 6.40. The summed E-state index contributed by atoms with van der Waals surface area (Å²) in [5.41, 5.74) is 2.67. The van der Waals surface area contributed by atoms with E-state index in [2.05, 4.69) is 20.0 Å². The highest BCUT2D eigenvalue weighted by atomic mass is 19.1. The van der Waals surface area contributed by atoms with Crippen molar-refractivity contribution in [1.82, 2.24) is 24.6 Å². The Bertz CT molecular complexity index is 730. The maximum absolute atomic E-state index is 13.1. The summed E-state index contributed by atoms with van der Waals surface area (Å²) in [5.74, 6) is 0.577. The van der Waals surface area contributed by atoms with Gasteiger partial charge in [-0.15, -0.1) is 0 Å². The second-order valence-electron chi connectivity index (χ2n) is 5.04. The van der Waals surface area contributed by atoms with E-state index in [1.165, 1.54) is 12.1 Å². The SMILES string of the molecule is CN(Cc1cnn(C)c1)Cc1nc2ccc(F)cc2[nH]1. The van der Waals surface area contributed by atoms with E-state index in [4.69, 9.17) is 0 Å². The van der Waals surface area contributed by atoms with E-state index in [-0.39, 0.29) is 5.82 Å². The van der Waals surface area contributed by atoms with Crippen LogP contribution in [0.25, 0.3) is 11.0 Å². The summed E-state index contributed by atoms with van der Waals surface area (Å²) in [6, 6.07) is 4.57. The minimum atomic E-state index is -0.253. The van der Waals surface area contributed by atoms with Gasteiger partial charge >= 0.3 is 0 Å². The molecule has 104 valence electrons. The number of halogens is 1. The molecule has 0 aliphatic heterocycles. The molecule has 0 atom stereocenters. The Morgan fingerprint density at radius 3 is 2.95 bits per heavy atom. The largest absolute Gasteiger partial charge is 0.341 e. The second-order valence-corrected chi connectivity index (χ2v) is 5.04. The quantitative estimate of drug-likeness (QED) is 0.791. The Hall–Kier alpha value is -2.21. The molecule has 0 bridgehead atoms. The predicted molar refractivity (Wildman–Crippen MR) is 74.4 cm³/mol. The molecule has 2 aromatic heterocycles. The van der Waals surface area contributed by atoms with Gasteiger partial charge in [0.25, 0.3) is 0 Å². The van der Waals surface area contributed by atoms with Gasteiger partial charge in [0.2, 0.25) is 0 Å². The van der Waals surface area contributed by atoms with Crippen molar-refractivity contribution in [3.8, 4) is 0 Å². The van der Waals surface area contributed by atoms with Gasteiger partial charge in [-0.2, -0.15) is 5.10 Å². The monoisotopic (exact) mass is 273 g/mol. The molecule has 0 aliphatic rings. The fraction of sp³-hybridized carbons (Fsp3) is 0.286. The van der Waals surface area contributed by atoms with Crippen molar-refractivity contribution in [2.75, 3.05) is 7.05 Å². The zero-order chi connectivity index (χ0) is 14.1. The topological polar surface area (TPSA) is 49.7 Å². The molecule has 0 saturated carbocycles. The number of imidazole rings is 1. The van der Waals surface area contributed by atoms with Crippen molar-refractivity contribution in [1.29, 1.82) is 0 Å². The van der Waals surface area contributed by atoms with Gasteiger partial charge in [-0.1, -0.05) is 0 Å². The lowest BCUT2D eigenvalue weighted by molar-refractivity contribution is 0.312. The molecule has 2 heterocycles. The number of rotatable bonds is 4. The van der Waals surface area contributed by atoms with E-state index >= 15 is 0 Å². The lowest BCUT2D eigenvalue weighted by atomic mass is 10.3. The zero-order valence-corrected chi connectivity index (χ0v) is 11.5. The highest BCUT2D eigenvalue weighted by Gasteiger charge is 2.08. The molecule has 3 aromatic rings. The molecule has 20 heavy (non-hydrogen) atoms. The lowest BCUT2D eigenvalue weighted by Gasteiger charge is -2.13. The predicted octanol–water partition coefficient (Wildman–Crippen LogP) is 2.07. The van der Waals surface area contributed by atoms with Crippen molar-refractivity contribution in [2.24, 2.45) is 7.05 Å². The van der Waals surface area contributed by atoms with Crippen molar-refractivity contribution in [3.63, 3.8) is 0 Å². The van der Waals surface area contributed by atoms with Crippen LogP contribution in [0.15, 0.2) is 30.6 Å². The number of nitrogens with one attached hydrogen (secondary N) is 1. The third kappa shape index (κ3) is 2.70. The highest BCUT2D eigenvalue weighted by Crippen LogP contribution is 2.14. The van der Waals surface area contributed by atoms with Crippen LogP contribution in [0.5, 0.6) is 0 Å². The van der Waals surface area contributed by atoms with E-state index in [0.717, 1.165) is 29.0 Å². The molecular formula is C14H16FN5. The summed E-state index contributed by atoms with van der Waals surface area (Å²) in [7, 11) is 3.91. The smallest absolute Gasteiger partial charge is 0.125 e. The Morgan fingerprint density at radius 2 is 2.20 bits per heavy atom. The van der Waals surface area contributed by atoms with Gasteiger partial charge in [0, 0.05) is 25.4 Å². The normalized spacial score (nSPS) is 11.6. The number of fused-ring (bicyclic) bond motifs is 1. The summed E-state index contributed by atoms with van der Waals surface area (Å²) in [5, 5.41) is 4.15. The van der Waals surface area contributed by atoms with Crippen LogP contribution in [0.2, 0.25) is 0 Å². The Labute approximate surface area is 116 Å². The second kappa shape index (κ2) is 5.05. The molecule has 0 unspecified atom stereocenters. The van der Waals surface area contributed by atoms with Crippen LogP contribution < -0.4 is 0 Å². The van der Waals surface area contributed by atoms with Crippen molar-refractivity contribution in [2.45, 2.75) is 13.1 Å². The summed E-state index contributed by atoms with van der Waals surface area (Å²) in [6.07, 6.45) is 3.84. The third-order valence-electron chi connectivity index (χ3n) is 3.12. The van der Waals surface area contributed by atoms with E-state index in [0.29, 0.717) is 6.54 Å². The summed E-state index contributed by atoms with van der Waals surface area (Å²) in [4.78, 5) is 9.73. The zero-order valence-electron chi connectivity index (χ0n) is 11.5. The molecule has 5 nitrogen and oxygen atoms in total. The van der Waals surface area contributed by atoms with Crippen molar-refractivity contribution < 1.29 is 4.39 Å². The molecular weight excluding hydrogens is 257 g/mol. The first-order chi connectivity index (χ1) is 9.60. The molecule has 0 spiro atoms. The molecule has 1 N–H and O–H groups in total. The minimum absolute atomic E-state index is 0.253. The first kappa shape index (κ1) is 12.8. The number of hydrogen-bond donors (Lipinski definition) is 1. The van der Waals surface area contributed by atoms with Crippen LogP contribution >= 0.6 is 0 Å². The van der Waals surface area contributed by atoms with Crippen LogP contribution in [0.3, 0.4) is 0 Å². The molecule has 0 fully saturated rings. The van der Waals surface area contributed by atoms with Crippen LogP contribution in [0.1, 0.15) is 11.4 Å². The fourth-order valence-electron chi connectivity index (χ4n) is 2.29. The highest BCUT2D eigenvalue weighted by molar-refractivity contribution is 5.74. The van der Waals surface area contributed by atoms with Gasteiger partial charge in [0.05, 0.1) is 23.8 Å². The van der Waals surface area contributed by atoms with Crippen LogP contribution in [-0.4, -0.2) is 31.7 Å². The number of nitrogens with zero attached hydrogens (tertiary/aromatic N) is 4. The van der Waals surface area contributed by atoms with Gasteiger partial charge in [0.15, 0.2) is 0 Å². The fourth-order valence-corrected chi connectivity index (χ4v) is 2.29. The molecule has 0 aliphatic carbocycles. The average Bonchev–Trinajstić information content (AvgIpc) is 2.94. The summed E-state index contributed by atoms with van der Waals surface area (Å²) in [6.45, 7) is 1.46. The number of hydrogen-bond acceptors (Lipinski definition) is 3. The minimum Gasteiger partial charge on any atom is -0.341 e. The Balaban J connectivity index is 1.72. The average molecular weight is 273 g/mol. The molecule has 6 heteroatoms. The number of benzene rings is 1. The number of aryl methyl sites for hydroxylation is 1. The molecule has 0 radical (unpaired) electrons. The third-order valence-corrected chi connectivity index (χ3v) is 3.12. The number of aromatic amines is 1. The van der Waals surface area contributed by atoms with Crippen LogP contribution in [0, 0.1) is 5.82 Å². The van der Waals surface area contributed by atoms with Gasteiger partial charge in [0.1, 0.15) is 11.6 Å². The molecule has 0 amide bonds. The Morgan fingerprint density at radius 1 is 1.35 bits per heavy atom. The van der Waals surface area contributed by atoms with E-state index in [9.17, 15) is 4.39 Å². The van der Waals surface area contributed by atoms with Crippen molar-refractivity contribution in [3.05, 3.63) is 47.8 Å². The molecule has 1 aromatic carbocycles. The Kier molecular flexibility index (Phi) is 3.23. The van der Waals surface area contributed by atoms with Gasteiger partial charge in [-0.05, 0) is 25.2 Å². The maximum atomic E-state index is 13.1. The lowest BCUT2D eigenvalue weighted by Crippen LogP contribution is -2.17. The van der Waals surface area contributed by atoms with E-state index < -0.39 is 0 Å². The van der Waals surface area contributed by atoms with E-state index in [1.54, 1.807) is 10.7 Å². The standard InChI is InChI=1S/C14H16FN5/c1-19(7-10-6-16-20(2)8-10)9-14-17-12-4-3-11(15)5-13(12)18-14/h3-6,8H,7,9H2,1-2H3,(H,17,18). The molecule has 3 rings (SSSR count). The first-order valence-electron chi connectivity index (χ1n) is 6.40. The number of aromatic nitrogens is 4. The number of H-pyrrole nitrogens is 1. The summed E-state index contributed by atoms with van der Waals surface area (Å²) >= 11 is 0. The van der Waals surface area contributed by atoms with Crippen LogP contribution in [-0.2, 0) is 20.1 Å². The summed E-state index contributed by atoms with van der Waals surface area (Å²) < 4.78 is 14.9. The maximum Gasteiger partial charge on any atom is 0.125 e. The van der Waals surface area contributed by atoms with Crippen LogP contribution in [0.4, 0.5) is 4.39 Å².